The van der Waals surface area contributed by atoms with Crippen LogP contribution in [0, 0.1) is 17.8 Å². The molecule has 2 aromatic carbocycles. The van der Waals surface area contributed by atoms with Gasteiger partial charge in [-0.1, -0.05) is 60.7 Å². The fraction of sp³-hybridized carbons (Fsp3) is 0.409. The summed E-state index contributed by atoms with van der Waals surface area (Å²) in [6, 6.07) is 20.4. The highest BCUT2D eigenvalue weighted by Crippen LogP contribution is 2.55. The number of nitrogens with one attached hydrogen (secondary N) is 1. The van der Waals surface area contributed by atoms with Gasteiger partial charge in [0, 0.05) is 12.5 Å². The van der Waals surface area contributed by atoms with E-state index in [4.69, 9.17) is 5.73 Å². The Morgan fingerprint density at radius 1 is 1.04 bits per heavy atom. The highest BCUT2D eigenvalue weighted by atomic mass is 16.4. The molecule has 1 amide bonds. The number of hydrogen-bond acceptors (Lipinski definition) is 2. The first-order valence-electron chi connectivity index (χ1n) is 9.44. The van der Waals surface area contributed by atoms with Crippen molar-refractivity contribution in [1.29, 1.82) is 0 Å². The molecule has 0 radical (unpaired) electrons. The zero-order valence-corrected chi connectivity index (χ0v) is 14.8. The third-order valence-corrected chi connectivity index (χ3v) is 6.44. The fourth-order valence-electron chi connectivity index (χ4n) is 5.47. The van der Waals surface area contributed by atoms with E-state index in [1.165, 1.54) is 0 Å². The maximum absolute atomic E-state index is 11.9. The quantitative estimate of drug-likeness (QED) is 0.768. The van der Waals surface area contributed by atoms with Crippen molar-refractivity contribution >= 4 is 6.09 Å². The van der Waals surface area contributed by atoms with Gasteiger partial charge >= 0.3 is 6.09 Å². The molecule has 0 heterocycles. The molecule has 4 rings (SSSR count). The van der Waals surface area contributed by atoms with Gasteiger partial charge in [0.25, 0.3) is 0 Å². The molecule has 136 valence electrons. The second-order valence-electron chi connectivity index (χ2n) is 7.94. The van der Waals surface area contributed by atoms with Gasteiger partial charge < -0.3 is 16.2 Å². The van der Waals surface area contributed by atoms with E-state index >= 15 is 0 Å². The molecule has 1 unspecified atom stereocenters. The zero-order valence-electron chi connectivity index (χ0n) is 14.8. The second-order valence-corrected chi connectivity index (χ2v) is 7.94. The number of fused-ring (bicyclic) bond motifs is 2. The minimum Gasteiger partial charge on any atom is -0.465 e. The second kappa shape index (κ2) is 6.76. The van der Waals surface area contributed by atoms with E-state index in [9.17, 15) is 9.90 Å². The molecule has 26 heavy (non-hydrogen) atoms. The molecular weight excluding hydrogens is 324 g/mol. The molecule has 0 aromatic heterocycles. The number of rotatable bonds is 5. The summed E-state index contributed by atoms with van der Waals surface area (Å²) in [4.78, 5) is 11.9. The zero-order chi connectivity index (χ0) is 18.1. The number of carboxylic acid groups (broad SMARTS) is 1. The van der Waals surface area contributed by atoms with E-state index in [0.717, 1.165) is 30.4 Å². The van der Waals surface area contributed by atoms with Gasteiger partial charge in [0.1, 0.15) is 0 Å². The van der Waals surface area contributed by atoms with Gasteiger partial charge in [-0.3, -0.25) is 0 Å². The topological polar surface area (TPSA) is 75.3 Å². The average molecular weight is 350 g/mol. The van der Waals surface area contributed by atoms with Crippen LogP contribution in [-0.4, -0.2) is 17.2 Å². The molecule has 4 nitrogen and oxygen atoms in total. The summed E-state index contributed by atoms with van der Waals surface area (Å²) in [5, 5.41) is 12.7. The van der Waals surface area contributed by atoms with E-state index in [2.05, 4.69) is 29.6 Å². The summed E-state index contributed by atoms with van der Waals surface area (Å²) in [7, 11) is 0. The first kappa shape index (κ1) is 17.1. The number of benzene rings is 2. The SMILES string of the molecule is N[C@H]1C[C@H]2C[C@@H]1[C@@H](C(Cc1ccccc1)(NC(=O)O)c1ccccc1)C2. The lowest BCUT2D eigenvalue weighted by Crippen LogP contribution is -2.56. The van der Waals surface area contributed by atoms with Crippen LogP contribution in [0.1, 0.15) is 30.4 Å². The third kappa shape index (κ3) is 2.99. The molecule has 4 heteroatoms. The first-order chi connectivity index (χ1) is 12.6. The van der Waals surface area contributed by atoms with Crippen molar-refractivity contribution in [1.82, 2.24) is 5.32 Å². The molecular formula is C22H26N2O2. The Morgan fingerprint density at radius 2 is 1.69 bits per heavy atom. The molecule has 0 spiro atoms. The van der Waals surface area contributed by atoms with Gasteiger partial charge in [-0.15, -0.1) is 0 Å². The minimum atomic E-state index is -0.971. The number of carbonyl (C=O) groups is 1. The van der Waals surface area contributed by atoms with Crippen LogP contribution >= 0.6 is 0 Å². The van der Waals surface area contributed by atoms with Crippen LogP contribution in [-0.2, 0) is 12.0 Å². The van der Waals surface area contributed by atoms with Crippen molar-refractivity contribution in [2.45, 2.75) is 37.3 Å². The summed E-state index contributed by atoms with van der Waals surface area (Å²) in [6.07, 6.45) is 2.91. The van der Waals surface area contributed by atoms with E-state index < -0.39 is 11.6 Å². The van der Waals surface area contributed by atoms with Gasteiger partial charge in [0.2, 0.25) is 0 Å². The molecule has 2 saturated carbocycles. The number of hydrogen-bond donors (Lipinski definition) is 3. The van der Waals surface area contributed by atoms with Gasteiger partial charge in [0.05, 0.1) is 5.54 Å². The molecule has 2 bridgehead atoms. The van der Waals surface area contributed by atoms with Crippen molar-refractivity contribution < 1.29 is 9.90 Å². The van der Waals surface area contributed by atoms with Crippen LogP contribution in [0.4, 0.5) is 4.79 Å². The predicted octanol–water partition coefficient (Wildman–Crippen LogP) is 3.77. The van der Waals surface area contributed by atoms with Crippen LogP contribution < -0.4 is 11.1 Å². The molecule has 5 atom stereocenters. The fourth-order valence-corrected chi connectivity index (χ4v) is 5.47. The highest BCUT2D eigenvalue weighted by Gasteiger charge is 2.54. The van der Waals surface area contributed by atoms with Crippen molar-refractivity contribution in [3.8, 4) is 0 Å². The van der Waals surface area contributed by atoms with Crippen molar-refractivity contribution in [3.63, 3.8) is 0 Å². The monoisotopic (exact) mass is 350 g/mol. The molecule has 0 saturated heterocycles. The molecule has 2 fully saturated rings. The Morgan fingerprint density at radius 3 is 2.27 bits per heavy atom. The maximum Gasteiger partial charge on any atom is 0.405 e. The Hall–Kier alpha value is -2.33. The summed E-state index contributed by atoms with van der Waals surface area (Å²) in [5.74, 6) is 1.21. The normalized spacial score (nSPS) is 29.3. The van der Waals surface area contributed by atoms with Gasteiger partial charge in [0.15, 0.2) is 0 Å². The smallest absolute Gasteiger partial charge is 0.405 e. The summed E-state index contributed by atoms with van der Waals surface area (Å²) < 4.78 is 0. The minimum absolute atomic E-state index is 0.174. The first-order valence-corrected chi connectivity index (χ1v) is 9.44. The summed E-state index contributed by atoms with van der Waals surface area (Å²) in [6.45, 7) is 0. The van der Waals surface area contributed by atoms with E-state index in [0.29, 0.717) is 18.3 Å². The lowest BCUT2D eigenvalue weighted by atomic mass is 9.66. The van der Waals surface area contributed by atoms with E-state index in [1.54, 1.807) is 0 Å². The van der Waals surface area contributed by atoms with E-state index in [1.807, 2.05) is 36.4 Å². The summed E-state index contributed by atoms with van der Waals surface area (Å²) in [5.41, 5.74) is 7.97. The Balaban J connectivity index is 1.82. The van der Waals surface area contributed by atoms with Crippen molar-refractivity contribution in [2.75, 3.05) is 0 Å². The number of nitrogens with two attached hydrogens (primary N) is 1. The molecule has 2 aliphatic carbocycles. The lowest BCUT2D eigenvalue weighted by Gasteiger charge is -2.45. The molecule has 4 N–H and O–H groups in total. The van der Waals surface area contributed by atoms with E-state index in [-0.39, 0.29) is 12.0 Å². The van der Waals surface area contributed by atoms with Crippen LogP contribution in [0.2, 0.25) is 0 Å². The van der Waals surface area contributed by atoms with Crippen molar-refractivity contribution in [3.05, 3.63) is 71.8 Å². The van der Waals surface area contributed by atoms with Crippen LogP contribution in [0.3, 0.4) is 0 Å². The van der Waals surface area contributed by atoms with Crippen LogP contribution in [0.15, 0.2) is 60.7 Å². The molecule has 0 aliphatic heterocycles. The molecule has 2 aromatic rings. The van der Waals surface area contributed by atoms with Crippen LogP contribution in [0.5, 0.6) is 0 Å². The third-order valence-electron chi connectivity index (χ3n) is 6.44. The Labute approximate surface area is 154 Å². The molecule has 2 aliphatic rings. The largest absolute Gasteiger partial charge is 0.465 e. The van der Waals surface area contributed by atoms with Gasteiger partial charge in [-0.25, -0.2) is 4.79 Å². The van der Waals surface area contributed by atoms with Gasteiger partial charge in [-0.05, 0) is 48.1 Å². The predicted molar refractivity (Wildman–Crippen MR) is 102 cm³/mol. The number of amides is 1. The Kier molecular flexibility index (Phi) is 4.45. The standard InChI is InChI=1S/C22H26N2O2/c23-20-13-16-11-18(20)19(12-16)22(24-21(25)26,17-9-5-2-6-10-17)14-15-7-3-1-4-8-15/h1-10,16,18-20,24H,11-14,23H2,(H,25,26)/t16-,18+,19-,20-,22?/m0/s1. The van der Waals surface area contributed by atoms with Gasteiger partial charge in [-0.2, -0.15) is 0 Å². The Bertz CT molecular complexity index is 764. The average Bonchev–Trinajstić information content (AvgIpc) is 3.22. The van der Waals surface area contributed by atoms with Crippen LogP contribution in [0.25, 0.3) is 0 Å². The lowest BCUT2D eigenvalue weighted by molar-refractivity contribution is 0.116. The highest BCUT2D eigenvalue weighted by molar-refractivity contribution is 5.66. The van der Waals surface area contributed by atoms with Crippen molar-refractivity contribution in [2.24, 2.45) is 23.5 Å². The summed E-state index contributed by atoms with van der Waals surface area (Å²) >= 11 is 0. The maximum atomic E-state index is 11.9.